The minimum Gasteiger partial charge on any atom is -0.496 e. The Hall–Kier alpha value is -1.48. The van der Waals surface area contributed by atoms with Crippen LogP contribution < -0.4 is 9.47 Å². The van der Waals surface area contributed by atoms with E-state index < -0.39 is 0 Å². The van der Waals surface area contributed by atoms with Gasteiger partial charge in [-0.15, -0.1) is 0 Å². The molecule has 0 aliphatic carbocycles. The summed E-state index contributed by atoms with van der Waals surface area (Å²) >= 11 is 3.77. The number of para-hydroxylation sites is 1. The Morgan fingerprint density at radius 2 is 1.70 bits per heavy atom. The molecule has 1 unspecified atom stereocenters. The molecule has 2 aromatic rings. The first kappa shape index (κ1) is 14.9. The number of rotatable bonds is 5. The second-order valence-electron chi connectivity index (χ2n) is 4.71. The van der Waals surface area contributed by atoms with Crippen molar-refractivity contribution in [1.29, 1.82) is 0 Å². The van der Waals surface area contributed by atoms with Crippen LogP contribution in [0.15, 0.2) is 42.5 Å². The summed E-state index contributed by atoms with van der Waals surface area (Å²) < 4.78 is 10.7. The molecule has 0 aliphatic heterocycles. The lowest BCUT2D eigenvalue weighted by molar-refractivity contribution is 0.409. The van der Waals surface area contributed by atoms with Crippen molar-refractivity contribution in [3.63, 3.8) is 0 Å². The third-order valence-corrected chi connectivity index (χ3v) is 4.22. The fraction of sp³-hybridized carbons (Fsp3) is 0.294. The molecular formula is C17H19BrO2. The SMILES string of the molecule is COc1ccc(C(Br)Cc2ccccc2OC)cc1C. The summed E-state index contributed by atoms with van der Waals surface area (Å²) in [5.41, 5.74) is 3.59. The maximum Gasteiger partial charge on any atom is 0.122 e. The van der Waals surface area contributed by atoms with Crippen molar-refractivity contribution in [1.82, 2.24) is 0 Å². The summed E-state index contributed by atoms with van der Waals surface area (Å²) in [6, 6.07) is 14.4. The van der Waals surface area contributed by atoms with E-state index in [0.29, 0.717) is 0 Å². The number of aryl methyl sites for hydroxylation is 1. The number of ether oxygens (including phenoxy) is 2. The lowest BCUT2D eigenvalue weighted by Crippen LogP contribution is -1.99. The predicted octanol–water partition coefficient (Wildman–Crippen LogP) is 4.69. The zero-order valence-electron chi connectivity index (χ0n) is 12.0. The van der Waals surface area contributed by atoms with E-state index in [1.807, 2.05) is 24.3 Å². The summed E-state index contributed by atoms with van der Waals surface area (Å²) in [5.74, 6) is 1.85. The summed E-state index contributed by atoms with van der Waals surface area (Å²) in [7, 11) is 3.40. The Morgan fingerprint density at radius 1 is 1.00 bits per heavy atom. The smallest absolute Gasteiger partial charge is 0.122 e. The lowest BCUT2D eigenvalue weighted by atomic mass is 10.0. The fourth-order valence-corrected chi connectivity index (χ4v) is 2.91. The van der Waals surface area contributed by atoms with Gasteiger partial charge < -0.3 is 9.47 Å². The molecule has 1 atom stereocenters. The molecule has 0 radical (unpaired) electrons. The second-order valence-corrected chi connectivity index (χ2v) is 5.82. The van der Waals surface area contributed by atoms with Crippen LogP contribution >= 0.6 is 15.9 Å². The first-order valence-electron chi connectivity index (χ1n) is 6.56. The highest BCUT2D eigenvalue weighted by atomic mass is 79.9. The fourth-order valence-electron chi connectivity index (χ4n) is 2.28. The topological polar surface area (TPSA) is 18.5 Å². The Morgan fingerprint density at radius 3 is 2.35 bits per heavy atom. The number of methoxy groups -OCH3 is 2. The Kier molecular flexibility index (Phi) is 5.07. The molecule has 2 nitrogen and oxygen atoms in total. The number of hydrogen-bond acceptors (Lipinski definition) is 2. The second kappa shape index (κ2) is 6.80. The van der Waals surface area contributed by atoms with Gasteiger partial charge in [-0.2, -0.15) is 0 Å². The number of halogens is 1. The highest BCUT2D eigenvalue weighted by molar-refractivity contribution is 9.09. The minimum absolute atomic E-state index is 0.253. The predicted molar refractivity (Wildman–Crippen MR) is 86.1 cm³/mol. The van der Waals surface area contributed by atoms with E-state index >= 15 is 0 Å². The van der Waals surface area contributed by atoms with Crippen LogP contribution in [0.25, 0.3) is 0 Å². The average molecular weight is 335 g/mol. The standard InChI is InChI=1S/C17H19BrO2/c1-12-10-13(8-9-16(12)19-2)15(18)11-14-6-4-5-7-17(14)20-3/h4-10,15H,11H2,1-3H3. The van der Waals surface area contributed by atoms with Crippen molar-refractivity contribution >= 4 is 15.9 Å². The van der Waals surface area contributed by atoms with Gasteiger partial charge in [0.05, 0.1) is 14.2 Å². The zero-order chi connectivity index (χ0) is 14.5. The van der Waals surface area contributed by atoms with Gasteiger partial charge in [0.15, 0.2) is 0 Å². The molecule has 0 aromatic heterocycles. The van der Waals surface area contributed by atoms with E-state index in [9.17, 15) is 0 Å². The third-order valence-electron chi connectivity index (χ3n) is 3.37. The Balaban J connectivity index is 2.19. The summed E-state index contributed by atoms with van der Waals surface area (Å²) in [6.45, 7) is 2.06. The molecule has 20 heavy (non-hydrogen) atoms. The third kappa shape index (κ3) is 3.34. The highest BCUT2D eigenvalue weighted by Crippen LogP contribution is 2.32. The van der Waals surface area contributed by atoms with Crippen LogP contribution in [0.2, 0.25) is 0 Å². The van der Waals surface area contributed by atoms with Crippen molar-refractivity contribution in [2.24, 2.45) is 0 Å². The molecule has 0 aliphatic rings. The average Bonchev–Trinajstić information content (AvgIpc) is 2.47. The van der Waals surface area contributed by atoms with Gasteiger partial charge in [0.2, 0.25) is 0 Å². The summed E-state index contributed by atoms with van der Waals surface area (Å²) in [4.78, 5) is 0.253. The molecule has 0 saturated carbocycles. The van der Waals surface area contributed by atoms with Crippen molar-refractivity contribution in [3.8, 4) is 11.5 Å². The van der Waals surface area contributed by atoms with E-state index in [1.54, 1.807) is 14.2 Å². The van der Waals surface area contributed by atoms with E-state index in [2.05, 4.69) is 41.1 Å². The number of benzene rings is 2. The first-order valence-corrected chi connectivity index (χ1v) is 7.47. The van der Waals surface area contributed by atoms with Gasteiger partial charge in [-0.25, -0.2) is 0 Å². The number of hydrogen-bond donors (Lipinski definition) is 0. The van der Waals surface area contributed by atoms with Crippen LogP contribution in [-0.2, 0) is 6.42 Å². The van der Waals surface area contributed by atoms with Crippen LogP contribution in [0.1, 0.15) is 21.5 Å². The maximum atomic E-state index is 5.40. The van der Waals surface area contributed by atoms with Crippen molar-refractivity contribution < 1.29 is 9.47 Å². The molecule has 0 bridgehead atoms. The molecule has 0 heterocycles. The van der Waals surface area contributed by atoms with Crippen molar-refractivity contribution in [3.05, 3.63) is 59.2 Å². The van der Waals surface area contributed by atoms with Gasteiger partial charge in [-0.3, -0.25) is 0 Å². The monoisotopic (exact) mass is 334 g/mol. The van der Waals surface area contributed by atoms with Crippen LogP contribution in [0.3, 0.4) is 0 Å². The molecule has 0 saturated heterocycles. The van der Waals surface area contributed by atoms with Crippen LogP contribution in [0.4, 0.5) is 0 Å². The van der Waals surface area contributed by atoms with Crippen LogP contribution in [0.5, 0.6) is 11.5 Å². The van der Waals surface area contributed by atoms with E-state index in [-0.39, 0.29) is 4.83 Å². The molecule has 0 spiro atoms. The minimum atomic E-state index is 0.253. The van der Waals surface area contributed by atoms with Gasteiger partial charge in [-0.1, -0.05) is 46.3 Å². The maximum absolute atomic E-state index is 5.40. The largest absolute Gasteiger partial charge is 0.496 e. The normalized spacial score (nSPS) is 12.0. The van der Waals surface area contributed by atoms with Crippen molar-refractivity contribution in [2.45, 2.75) is 18.2 Å². The molecule has 3 heteroatoms. The van der Waals surface area contributed by atoms with E-state index in [1.165, 1.54) is 11.1 Å². The molecule has 106 valence electrons. The number of alkyl halides is 1. The van der Waals surface area contributed by atoms with Gasteiger partial charge >= 0.3 is 0 Å². The van der Waals surface area contributed by atoms with E-state index in [4.69, 9.17) is 9.47 Å². The quantitative estimate of drug-likeness (QED) is 0.738. The molecule has 2 rings (SSSR count). The first-order chi connectivity index (χ1) is 9.65. The molecule has 0 fully saturated rings. The van der Waals surface area contributed by atoms with Crippen LogP contribution in [-0.4, -0.2) is 14.2 Å². The molecule has 0 N–H and O–H groups in total. The zero-order valence-corrected chi connectivity index (χ0v) is 13.6. The summed E-state index contributed by atoms with van der Waals surface area (Å²) in [6.07, 6.45) is 0.885. The van der Waals surface area contributed by atoms with Crippen molar-refractivity contribution in [2.75, 3.05) is 14.2 Å². The van der Waals surface area contributed by atoms with Crippen LogP contribution in [0, 0.1) is 6.92 Å². The molecule has 2 aromatic carbocycles. The highest BCUT2D eigenvalue weighted by Gasteiger charge is 2.12. The van der Waals surface area contributed by atoms with Gasteiger partial charge in [0, 0.05) is 4.83 Å². The summed E-state index contributed by atoms with van der Waals surface area (Å²) in [5, 5.41) is 0. The Bertz CT molecular complexity index is 581. The molecule has 0 amide bonds. The van der Waals surface area contributed by atoms with Gasteiger partial charge in [0.25, 0.3) is 0 Å². The van der Waals surface area contributed by atoms with E-state index in [0.717, 1.165) is 23.5 Å². The molecular weight excluding hydrogens is 316 g/mol. The van der Waals surface area contributed by atoms with Gasteiger partial charge in [0.1, 0.15) is 11.5 Å². The van der Waals surface area contributed by atoms with Gasteiger partial charge in [-0.05, 0) is 42.2 Å². The Labute approximate surface area is 128 Å². The lowest BCUT2D eigenvalue weighted by Gasteiger charge is -2.15.